The first-order valence-electron chi connectivity index (χ1n) is 5.19. The maximum absolute atomic E-state index is 10.7. The lowest BCUT2D eigenvalue weighted by Gasteiger charge is -2.25. The van der Waals surface area contributed by atoms with Crippen molar-refractivity contribution in [2.75, 3.05) is 6.61 Å². The number of carboxylic acids is 1. The van der Waals surface area contributed by atoms with Gasteiger partial charge in [-0.3, -0.25) is 4.79 Å². The predicted octanol–water partition coefficient (Wildman–Crippen LogP) is 2.22. The van der Waals surface area contributed by atoms with Gasteiger partial charge in [0.1, 0.15) is 0 Å². The monoisotopic (exact) mass is 198 g/mol. The van der Waals surface area contributed by atoms with E-state index in [4.69, 9.17) is 9.84 Å². The molecule has 0 unspecified atom stereocenters. The Bertz CT molecular complexity index is 203. The molecule has 1 rings (SSSR count). The average molecular weight is 198 g/mol. The summed E-state index contributed by atoms with van der Waals surface area (Å²) in [6.45, 7) is 2.61. The largest absolute Gasteiger partial charge is 0.481 e. The topological polar surface area (TPSA) is 46.5 Å². The number of aliphatic carboxylic acids is 1. The average Bonchev–Trinajstić information content (AvgIpc) is 2.19. The summed E-state index contributed by atoms with van der Waals surface area (Å²) in [4.78, 5) is 10.7. The molecule has 0 amide bonds. The van der Waals surface area contributed by atoms with Gasteiger partial charge in [0.25, 0.3) is 0 Å². The summed E-state index contributed by atoms with van der Waals surface area (Å²) in [5.41, 5.74) is 0. The van der Waals surface area contributed by atoms with Gasteiger partial charge >= 0.3 is 5.97 Å². The second-order valence-electron chi connectivity index (χ2n) is 3.71. The van der Waals surface area contributed by atoms with Crippen LogP contribution in [0.4, 0.5) is 0 Å². The molecule has 1 aliphatic rings. The molecule has 1 fully saturated rings. The first-order chi connectivity index (χ1) is 6.74. The molecule has 0 aliphatic heterocycles. The molecule has 0 aromatic carbocycles. The smallest absolute Gasteiger partial charge is 0.306 e. The lowest BCUT2D eigenvalue weighted by atomic mass is 9.87. The fraction of sp³-hybridized carbons (Fsp3) is 0.727. The Morgan fingerprint density at radius 1 is 1.43 bits per heavy atom. The number of hydrogen-bond donors (Lipinski definition) is 1. The van der Waals surface area contributed by atoms with Crippen molar-refractivity contribution >= 4 is 5.97 Å². The molecule has 3 nitrogen and oxygen atoms in total. The fourth-order valence-corrected chi connectivity index (χ4v) is 1.76. The highest BCUT2D eigenvalue weighted by Gasteiger charge is 2.25. The van der Waals surface area contributed by atoms with Crippen molar-refractivity contribution < 1.29 is 14.6 Å². The number of carboxylic acid groups (broad SMARTS) is 1. The number of rotatable bonds is 4. The molecule has 0 atom stereocenters. The van der Waals surface area contributed by atoms with Crippen LogP contribution in [-0.4, -0.2) is 23.8 Å². The van der Waals surface area contributed by atoms with E-state index in [-0.39, 0.29) is 12.0 Å². The normalized spacial score (nSPS) is 28.1. The molecule has 80 valence electrons. The van der Waals surface area contributed by atoms with E-state index >= 15 is 0 Å². The highest BCUT2D eigenvalue weighted by atomic mass is 16.5. The summed E-state index contributed by atoms with van der Waals surface area (Å²) in [6, 6.07) is 0. The van der Waals surface area contributed by atoms with Crippen molar-refractivity contribution in [1.29, 1.82) is 0 Å². The van der Waals surface area contributed by atoms with Crippen LogP contribution in [0.1, 0.15) is 32.6 Å². The van der Waals surface area contributed by atoms with Gasteiger partial charge in [0.05, 0.1) is 18.6 Å². The van der Waals surface area contributed by atoms with Gasteiger partial charge in [-0.2, -0.15) is 0 Å². The Kier molecular flexibility index (Phi) is 4.66. The molecule has 0 radical (unpaired) electrons. The van der Waals surface area contributed by atoms with E-state index in [1.807, 2.05) is 19.1 Å². The minimum atomic E-state index is -0.656. The van der Waals surface area contributed by atoms with Crippen LogP contribution in [0.25, 0.3) is 0 Å². The Hall–Kier alpha value is -0.830. The number of ether oxygens (including phenoxy) is 1. The van der Waals surface area contributed by atoms with Crippen LogP contribution >= 0.6 is 0 Å². The van der Waals surface area contributed by atoms with Gasteiger partial charge in [0.2, 0.25) is 0 Å². The van der Waals surface area contributed by atoms with Crippen LogP contribution in [0.2, 0.25) is 0 Å². The third-order valence-electron chi connectivity index (χ3n) is 2.69. The zero-order valence-electron chi connectivity index (χ0n) is 8.61. The molecule has 3 heteroatoms. The molecule has 1 N–H and O–H groups in total. The van der Waals surface area contributed by atoms with Gasteiger partial charge in [-0.05, 0) is 32.6 Å². The Morgan fingerprint density at radius 2 is 2.07 bits per heavy atom. The highest BCUT2D eigenvalue weighted by molar-refractivity contribution is 5.69. The summed E-state index contributed by atoms with van der Waals surface area (Å²) < 4.78 is 5.57. The summed E-state index contributed by atoms with van der Waals surface area (Å²) in [7, 11) is 0. The summed E-state index contributed by atoms with van der Waals surface area (Å²) in [6.07, 6.45) is 7.49. The van der Waals surface area contributed by atoms with E-state index in [1.165, 1.54) is 0 Å². The molecule has 0 aromatic rings. The fourth-order valence-electron chi connectivity index (χ4n) is 1.76. The van der Waals surface area contributed by atoms with E-state index in [2.05, 4.69) is 0 Å². The molecular formula is C11H18O3. The van der Waals surface area contributed by atoms with Gasteiger partial charge in [-0.1, -0.05) is 12.2 Å². The third kappa shape index (κ3) is 3.50. The molecule has 0 bridgehead atoms. The van der Waals surface area contributed by atoms with E-state index in [9.17, 15) is 4.79 Å². The summed E-state index contributed by atoms with van der Waals surface area (Å²) >= 11 is 0. The van der Waals surface area contributed by atoms with Gasteiger partial charge in [0.15, 0.2) is 0 Å². The van der Waals surface area contributed by atoms with Crippen LogP contribution in [0.15, 0.2) is 12.2 Å². The molecule has 1 saturated carbocycles. The second-order valence-corrected chi connectivity index (χ2v) is 3.71. The second kappa shape index (κ2) is 5.81. The van der Waals surface area contributed by atoms with Crippen molar-refractivity contribution in [3.05, 3.63) is 12.2 Å². The zero-order chi connectivity index (χ0) is 10.4. The van der Waals surface area contributed by atoms with Crippen LogP contribution in [0.5, 0.6) is 0 Å². The Morgan fingerprint density at radius 3 is 2.57 bits per heavy atom. The van der Waals surface area contributed by atoms with E-state index in [1.54, 1.807) is 0 Å². The first-order valence-corrected chi connectivity index (χ1v) is 5.19. The summed E-state index contributed by atoms with van der Waals surface area (Å²) in [5.74, 6) is -0.798. The molecule has 1 aliphatic carbocycles. The number of carbonyl (C=O) groups is 1. The third-order valence-corrected chi connectivity index (χ3v) is 2.69. The molecule has 0 spiro atoms. The van der Waals surface area contributed by atoms with Crippen LogP contribution < -0.4 is 0 Å². The molecule has 0 heterocycles. The highest BCUT2D eigenvalue weighted by Crippen LogP contribution is 2.26. The van der Waals surface area contributed by atoms with Crippen molar-refractivity contribution in [2.24, 2.45) is 5.92 Å². The minimum Gasteiger partial charge on any atom is -0.481 e. The van der Waals surface area contributed by atoms with Crippen molar-refractivity contribution in [3.63, 3.8) is 0 Å². The first kappa shape index (κ1) is 11.2. The molecule has 0 aromatic heterocycles. The van der Waals surface area contributed by atoms with Gasteiger partial charge in [-0.25, -0.2) is 0 Å². The Labute approximate surface area is 84.8 Å². The summed E-state index contributed by atoms with van der Waals surface area (Å²) in [5, 5.41) is 8.79. The standard InChI is InChI=1S/C11H18O3/c1-2-3-8-14-10-6-4-9(5-7-10)11(12)13/h2-3,9-10H,4-8H2,1H3,(H,12,13)/b3-2+. The van der Waals surface area contributed by atoms with E-state index < -0.39 is 5.97 Å². The van der Waals surface area contributed by atoms with E-state index in [0.717, 1.165) is 25.7 Å². The van der Waals surface area contributed by atoms with Gasteiger partial charge in [0, 0.05) is 0 Å². The molecule has 0 saturated heterocycles. The Balaban J connectivity index is 2.18. The van der Waals surface area contributed by atoms with E-state index in [0.29, 0.717) is 6.61 Å². The zero-order valence-corrected chi connectivity index (χ0v) is 8.61. The maximum Gasteiger partial charge on any atom is 0.306 e. The van der Waals surface area contributed by atoms with Crippen molar-refractivity contribution in [2.45, 2.75) is 38.7 Å². The lowest BCUT2D eigenvalue weighted by molar-refractivity contribution is -0.143. The minimum absolute atomic E-state index is 0.142. The predicted molar refractivity (Wildman–Crippen MR) is 54.1 cm³/mol. The lowest BCUT2D eigenvalue weighted by Crippen LogP contribution is -2.26. The quantitative estimate of drug-likeness (QED) is 0.704. The SMILES string of the molecule is C/C=C/COC1CCC(C(=O)O)CC1. The van der Waals surface area contributed by atoms with Crippen LogP contribution in [0, 0.1) is 5.92 Å². The number of hydrogen-bond acceptors (Lipinski definition) is 2. The molecular weight excluding hydrogens is 180 g/mol. The van der Waals surface area contributed by atoms with Crippen molar-refractivity contribution in [1.82, 2.24) is 0 Å². The van der Waals surface area contributed by atoms with Gasteiger partial charge < -0.3 is 9.84 Å². The van der Waals surface area contributed by atoms with Crippen LogP contribution in [-0.2, 0) is 9.53 Å². The number of allylic oxidation sites excluding steroid dienone is 1. The van der Waals surface area contributed by atoms with Crippen molar-refractivity contribution in [3.8, 4) is 0 Å². The van der Waals surface area contributed by atoms with Crippen LogP contribution in [0.3, 0.4) is 0 Å². The van der Waals surface area contributed by atoms with Gasteiger partial charge in [-0.15, -0.1) is 0 Å². The maximum atomic E-state index is 10.7. The molecule has 14 heavy (non-hydrogen) atoms.